The Balaban J connectivity index is 1.95. The molecule has 0 radical (unpaired) electrons. The van der Waals surface area contributed by atoms with Gasteiger partial charge in [-0.25, -0.2) is 0 Å². The lowest BCUT2D eigenvalue weighted by molar-refractivity contribution is -0.140. The maximum absolute atomic E-state index is 13.0. The van der Waals surface area contributed by atoms with Crippen LogP contribution in [0.2, 0.25) is 0 Å². The van der Waals surface area contributed by atoms with Gasteiger partial charge in [0.15, 0.2) is 0 Å². The molecule has 1 fully saturated rings. The summed E-state index contributed by atoms with van der Waals surface area (Å²) in [6.45, 7) is 7.37. The molecule has 2 atom stereocenters. The van der Waals surface area contributed by atoms with Crippen LogP contribution in [0.25, 0.3) is 0 Å². The highest BCUT2D eigenvalue weighted by Gasteiger charge is 2.45. The number of benzene rings is 1. The summed E-state index contributed by atoms with van der Waals surface area (Å²) in [6, 6.07) is 5.77. The molecule has 0 unspecified atom stereocenters. The molecule has 3 amide bonds. The summed E-state index contributed by atoms with van der Waals surface area (Å²) in [4.78, 5) is 41.2. The number of carbonyl (C=O) groups is 3. The fourth-order valence-corrected chi connectivity index (χ4v) is 3.13. The lowest BCUT2D eigenvalue weighted by Gasteiger charge is -2.35. The third-order valence-electron chi connectivity index (χ3n) is 4.55. The van der Waals surface area contributed by atoms with Crippen LogP contribution < -0.4 is 0 Å². The molecule has 0 saturated carbocycles. The smallest absolute Gasteiger partial charge is 0.262 e. The molecule has 24 heavy (non-hydrogen) atoms. The van der Waals surface area contributed by atoms with Crippen LogP contribution in [0.4, 0.5) is 0 Å². The first kappa shape index (κ1) is 16.4. The molecular formula is C18H20N2O4. The van der Waals surface area contributed by atoms with Gasteiger partial charge in [0.2, 0.25) is 5.91 Å². The predicted octanol–water partition coefficient (Wildman–Crippen LogP) is 1.33. The molecule has 2 aliphatic heterocycles. The second-order valence-electron chi connectivity index (χ2n) is 6.00. The van der Waals surface area contributed by atoms with Crippen LogP contribution >= 0.6 is 0 Å². The third kappa shape index (κ3) is 2.63. The highest BCUT2D eigenvalue weighted by Crippen LogP contribution is 2.28. The number of rotatable bonds is 4. The van der Waals surface area contributed by atoms with Crippen molar-refractivity contribution in [3.05, 3.63) is 48.0 Å². The number of imide groups is 1. The van der Waals surface area contributed by atoms with Gasteiger partial charge in [-0.15, -0.1) is 6.58 Å². The molecule has 2 heterocycles. The van der Waals surface area contributed by atoms with E-state index in [-0.39, 0.29) is 11.8 Å². The van der Waals surface area contributed by atoms with Crippen molar-refractivity contribution >= 4 is 17.7 Å². The maximum atomic E-state index is 13.0. The van der Waals surface area contributed by atoms with Crippen LogP contribution in [0.1, 0.15) is 27.6 Å². The van der Waals surface area contributed by atoms with E-state index in [0.29, 0.717) is 37.4 Å². The first-order valence-electron chi connectivity index (χ1n) is 8.02. The van der Waals surface area contributed by atoms with Gasteiger partial charge >= 0.3 is 0 Å². The van der Waals surface area contributed by atoms with Gasteiger partial charge in [0.05, 0.1) is 24.3 Å². The van der Waals surface area contributed by atoms with Crippen LogP contribution in [0.5, 0.6) is 0 Å². The van der Waals surface area contributed by atoms with Crippen molar-refractivity contribution in [2.24, 2.45) is 5.92 Å². The number of fused-ring (bicyclic) bond motifs is 1. The van der Waals surface area contributed by atoms with Crippen LogP contribution in [0.3, 0.4) is 0 Å². The Morgan fingerprint density at radius 2 is 1.71 bits per heavy atom. The van der Waals surface area contributed by atoms with Gasteiger partial charge in [-0.05, 0) is 12.1 Å². The number of amides is 3. The minimum absolute atomic E-state index is 0.236. The van der Waals surface area contributed by atoms with E-state index in [1.807, 2.05) is 0 Å². The fraction of sp³-hybridized carbons (Fsp3) is 0.389. The van der Waals surface area contributed by atoms with Crippen molar-refractivity contribution in [1.82, 2.24) is 9.80 Å². The molecule has 2 aliphatic rings. The largest absolute Gasteiger partial charge is 0.378 e. The Labute approximate surface area is 140 Å². The van der Waals surface area contributed by atoms with Crippen LogP contribution in [-0.4, -0.2) is 59.9 Å². The Morgan fingerprint density at radius 3 is 2.21 bits per heavy atom. The lowest BCUT2D eigenvalue weighted by Crippen LogP contribution is -2.55. The third-order valence-corrected chi connectivity index (χ3v) is 4.55. The SMILES string of the molecule is C=C[C@H](C)[C@H](C(=O)N1CCOCC1)N1C(=O)c2ccccc2C1=O. The summed E-state index contributed by atoms with van der Waals surface area (Å²) in [5.74, 6) is -1.42. The van der Waals surface area contributed by atoms with Crippen LogP contribution in [-0.2, 0) is 9.53 Å². The average molecular weight is 328 g/mol. The molecule has 1 saturated heterocycles. The molecule has 6 nitrogen and oxygen atoms in total. The van der Waals surface area contributed by atoms with Gasteiger partial charge in [0, 0.05) is 19.0 Å². The first-order valence-corrected chi connectivity index (χ1v) is 8.02. The summed E-state index contributed by atoms with van der Waals surface area (Å²) in [5.41, 5.74) is 0.692. The van der Waals surface area contributed by atoms with Gasteiger partial charge in [-0.3, -0.25) is 19.3 Å². The molecule has 126 valence electrons. The average Bonchev–Trinajstić information content (AvgIpc) is 2.88. The lowest BCUT2D eigenvalue weighted by atomic mass is 9.98. The Kier molecular flexibility index (Phi) is 4.49. The quantitative estimate of drug-likeness (QED) is 0.618. The predicted molar refractivity (Wildman–Crippen MR) is 87.5 cm³/mol. The van der Waals surface area contributed by atoms with Gasteiger partial charge < -0.3 is 9.64 Å². The summed E-state index contributed by atoms with van der Waals surface area (Å²) >= 11 is 0. The van der Waals surface area contributed by atoms with E-state index in [1.165, 1.54) is 0 Å². The van der Waals surface area contributed by atoms with Gasteiger partial charge in [0.1, 0.15) is 6.04 Å². The second-order valence-corrected chi connectivity index (χ2v) is 6.00. The highest BCUT2D eigenvalue weighted by atomic mass is 16.5. The van der Waals surface area contributed by atoms with E-state index in [4.69, 9.17) is 4.74 Å². The Morgan fingerprint density at radius 1 is 1.17 bits per heavy atom. The molecule has 0 aliphatic carbocycles. The normalized spacial score (nSPS) is 19.9. The van der Waals surface area contributed by atoms with Crippen molar-refractivity contribution in [3.8, 4) is 0 Å². The molecule has 6 heteroatoms. The van der Waals surface area contributed by atoms with Crippen molar-refractivity contribution < 1.29 is 19.1 Å². The number of nitrogens with zero attached hydrogens (tertiary/aromatic N) is 2. The van der Waals surface area contributed by atoms with Crippen LogP contribution in [0.15, 0.2) is 36.9 Å². The zero-order chi connectivity index (χ0) is 17.3. The Hall–Kier alpha value is -2.47. The zero-order valence-electron chi connectivity index (χ0n) is 13.6. The van der Waals surface area contributed by atoms with E-state index in [2.05, 4.69) is 6.58 Å². The van der Waals surface area contributed by atoms with Crippen molar-refractivity contribution in [1.29, 1.82) is 0 Å². The van der Waals surface area contributed by atoms with E-state index in [9.17, 15) is 14.4 Å². The Bertz CT molecular complexity index is 659. The fourth-order valence-electron chi connectivity index (χ4n) is 3.13. The number of hydrogen-bond acceptors (Lipinski definition) is 4. The maximum Gasteiger partial charge on any atom is 0.262 e. The minimum atomic E-state index is -0.881. The molecule has 1 aromatic rings. The van der Waals surface area contributed by atoms with E-state index in [0.717, 1.165) is 4.90 Å². The molecule has 1 aromatic carbocycles. The van der Waals surface area contributed by atoms with Gasteiger partial charge in [-0.2, -0.15) is 0 Å². The number of morpholine rings is 1. The summed E-state index contributed by atoms with van der Waals surface area (Å²) in [7, 11) is 0. The highest BCUT2D eigenvalue weighted by molar-refractivity contribution is 6.22. The minimum Gasteiger partial charge on any atom is -0.378 e. The monoisotopic (exact) mass is 328 g/mol. The van der Waals surface area contributed by atoms with E-state index >= 15 is 0 Å². The van der Waals surface area contributed by atoms with Crippen LogP contribution in [0, 0.1) is 5.92 Å². The first-order chi connectivity index (χ1) is 11.6. The summed E-state index contributed by atoms with van der Waals surface area (Å²) < 4.78 is 5.27. The van der Waals surface area contributed by atoms with Crippen molar-refractivity contribution in [2.75, 3.05) is 26.3 Å². The zero-order valence-corrected chi connectivity index (χ0v) is 13.6. The van der Waals surface area contributed by atoms with Gasteiger partial charge in [0.25, 0.3) is 11.8 Å². The standard InChI is InChI=1S/C18H20N2O4/c1-3-12(2)15(18(23)19-8-10-24-11-9-19)20-16(21)13-6-4-5-7-14(13)17(20)22/h3-7,12,15H,1,8-11H2,2H3/t12-,15+/m0/s1. The van der Waals surface area contributed by atoms with Crippen molar-refractivity contribution in [2.45, 2.75) is 13.0 Å². The topological polar surface area (TPSA) is 66.9 Å². The second kappa shape index (κ2) is 6.57. The summed E-state index contributed by atoms with van der Waals surface area (Å²) in [6.07, 6.45) is 1.60. The molecule has 0 bridgehead atoms. The molecule has 0 N–H and O–H groups in total. The molecule has 0 spiro atoms. The summed E-state index contributed by atoms with van der Waals surface area (Å²) in [5, 5.41) is 0. The molecule has 0 aromatic heterocycles. The number of hydrogen-bond donors (Lipinski definition) is 0. The molecular weight excluding hydrogens is 308 g/mol. The molecule has 3 rings (SSSR count). The van der Waals surface area contributed by atoms with Gasteiger partial charge in [-0.1, -0.05) is 25.1 Å². The van der Waals surface area contributed by atoms with Crippen molar-refractivity contribution in [3.63, 3.8) is 0 Å². The number of carbonyl (C=O) groups excluding carboxylic acids is 3. The van der Waals surface area contributed by atoms with E-state index < -0.39 is 17.9 Å². The number of ether oxygens (including phenoxy) is 1. The van der Waals surface area contributed by atoms with E-state index in [1.54, 1.807) is 42.2 Å².